The molecule has 2 aliphatic rings. The molecular weight excluding hydrogens is 318 g/mol. The zero-order valence-corrected chi connectivity index (χ0v) is 15.5. The summed E-state index contributed by atoms with van der Waals surface area (Å²) in [4.78, 5) is 0.250. The first kappa shape index (κ1) is 17.2. The molecule has 0 atom stereocenters. The third-order valence-corrected chi connectivity index (χ3v) is 6.21. The van der Waals surface area contributed by atoms with Crippen LogP contribution in [0.25, 0.3) is 0 Å². The maximum Gasteiger partial charge on any atom is 0.282 e. The molecule has 0 heterocycles. The average Bonchev–Trinajstić information content (AvgIpc) is 2.65. The molecule has 1 fully saturated rings. The van der Waals surface area contributed by atoms with Crippen molar-refractivity contribution < 1.29 is 8.42 Å². The van der Waals surface area contributed by atoms with Crippen LogP contribution in [0.15, 0.2) is 56.4 Å². The topological polar surface area (TPSA) is 46.5 Å². The van der Waals surface area contributed by atoms with Crippen molar-refractivity contribution in [1.82, 2.24) is 0 Å². The standard InChI is InChI=1S/C20H25NO2S/c1-15-9-11-17(12-10-15)24(22,23)21-14-19-18-8-6-4-5-7-16(18)13-20(19,2)3/h9-14H,4-8H2,1-3H3/b21-14+. The van der Waals surface area contributed by atoms with Gasteiger partial charge in [0.1, 0.15) is 0 Å². The lowest BCUT2D eigenvalue weighted by Gasteiger charge is -2.18. The maximum absolute atomic E-state index is 12.5. The van der Waals surface area contributed by atoms with Crippen molar-refractivity contribution in [1.29, 1.82) is 0 Å². The summed E-state index contributed by atoms with van der Waals surface area (Å²) in [6.07, 6.45) is 9.66. The van der Waals surface area contributed by atoms with Crippen molar-refractivity contribution in [3.63, 3.8) is 0 Å². The van der Waals surface area contributed by atoms with Gasteiger partial charge in [0.25, 0.3) is 10.0 Å². The second-order valence-corrected chi connectivity index (χ2v) is 9.00. The summed E-state index contributed by atoms with van der Waals surface area (Å²) in [6.45, 7) is 6.22. The second kappa shape index (κ2) is 6.32. The lowest BCUT2D eigenvalue weighted by Crippen LogP contribution is -2.11. The molecule has 4 heteroatoms. The van der Waals surface area contributed by atoms with E-state index in [4.69, 9.17) is 0 Å². The van der Waals surface area contributed by atoms with Crippen molar-refractivity contribution in [2.75, 3.05) is 0 Å². The van der Waals surface area contributed by atoms with Crippen LogP contribution in [-0.4, -0.2) is 14.6 Å². The van der Waals surface area contributed by atoms with Gasteiger partial charge in [-0.1, -0.05) is 44.0 Å². The number of nitrogens with zero attached hydrogens (tertiary/aromatic N) is 1. The number of sulfonamides is 1. The summed E-state index contributed by atoms with van der Waals surface area (Å²) < 4.78 is 29.0. The SMILES string of the molecule is Cc1ccc(S(=O)(=O)/N=C/C2=C3CCCCCC3=CC2(C)C)cc1. The van der Waals surface area contributed by atoms with Crippen molar-refractivity contribution in [3.05, 3.63) is 52.6 Å². The van der Waals surface area contributed by atoms with Gasteiger partial charge >= 0.3 is 0 Å². The molecule has 128 valence electrons. The molecule has 3 nitrogen and oxygen atoms in total. The fourth-order valence-electron chi connectivity index (χ4n) is 3.61. The van der Waals surface area contributed by atoms with Gasteiger partial charge in [-0.05, 0) is 61.5 Å². The number of hydrogen-bond acceptors (Lipinski definition) is 2. The molecule has 0 bridgehead atoms. The Balaban J connectivity index is 1.95. The van der Waals surface area contributed by atoms with Crippen molar-refractivity contribution in [2.24, 2.45) is 9.81 Å². The van der Waals surface area contributed by atoms with Crippen molar-refractivity contribution in [3.8, 4) is 0 Å². The minimum atomic E-state index is -3.65. The van der Waals surface area contributed by atoms with E-state index in [1.807, 2.05) is 6.92 Å². The minimum absolute atomic E-state index is 0.145. The van der Waals surface area contributed by atoms with E-state index in [-0.39, 0.29) is 10.3 Å². The number of benzene rings is 1. The third kappa shape index (κ3) is 3.39. The average molecular weight is 343 g/mol. The molecule has 0 radical (unpaired) electrons. The van der Waals surface area contributed by atoms with Crippen LogP contribution in [0.2, 0.25) is 0 Å². The van der Waals surface area contributed by atoms with E-state index in [0.29, 0.717) is 0 Å². The Morgan fingerprint density at radius 1 is 1.04 bits per heavy atom. The Morgan fingerprint density at radius 3 is 2.42 bits per heavy atom. The zero-order chi connectivity index (χ0) is 17.4. The van der Waals surface area contributed by atoms with Crippen LogP contribution in [0.3, 0.4) is 0 Å². The fraction of sp³-hybridized carbons (Fsp3) is 0.450. The summed E-state index contributed by atoms with van der Waals surface area (Å²) in [5.74, 6) is 0. The van der Waals surface area contributed by atoms with E-state index < -0.39 is 10.0 Å². The van der Waals surface area contributed by atoms with Gasteiger partial charge in [0.05, 0.1) is 4.90 Å². The first-order valence-corrected chi connectivity index (χ1v) is 10.1. The van der Waals surface area contributed by atoms with Gasteiger partial charge in [0.15, 0.2) is 0 Å². The molecule has 0 saturated heterocycles. The first-order valence-electron chi connectivity index (χ1n) is 8.62. The minimum Gasteiger partial charge on any atom is -0.199 e. The quantitative estimate of drug-likeness (QED) is 0.727. The van der Waals surface area contributed by atoms with Gasteiger partial charge in [-0.2, -0.15) is 12.8 Å². The molecule has 0 spiro atoms. The molecule has 0 unspecified atom stereocenters. The van der Waals surface area contributed by atoms with E-state index in [0.717, 1.165) is 24.0 Å². The van der Waals surface area contributed by atoms with Crippen LogP contribution in [0.5, 0.6) is 0 Å². The van der Waals surface area contributed by atoms with E-state index in [1.165, 1.54) is 30.4 Å². The van der Waals surface area contributed by atoms with E-state index >= 15 is 0 Å². The summed E-state index contributed by atoms with van der Waals surface area (Å²) in [6, 6.07) is 6.84. The van der Waals surface area contributed by atoms with Gasteiger partial charge in [0.2, 0.25) is 0 Å². The number of allylic oxidation sites excluding steroid dienone is 4. The lowest BCUT2D eigenvalue weighted by molar-refractivity contribution is 0.596. The van der Waals surface area contributed by atoms with Crippen LogP contribution in [0, 0.1) is 12.3 Å². The molecule has 0 N–H and O–H groups in total. The number of aryl methyl sites for hydroxylation is 1. The monoisotopic (exact) mass is 343 g/mol. The van der Waals surface area contributed by atoms with Gasteiger partial charge in [-0.3, -0.25) is 0 Å². The predicted molar refractivity (Wildman–Crippen MR) is 98.8 cm³/mol. The van der Waals surface area contributed by atoms with Gasteiger partial charge in [0, 0.05) is 11.6 Å². The Hall–Kier alpha value is -1.68. The smallest absolute Gasteiger partial charge is 0.199 e. The summed E-state index contributed by atoms with van der Waals surface area (Å²) in [5.41, 5.74) is 4.67. The number of hydrogen-bond donors (Lipinski definition) is 0. The maximum atomic E-state index is 12.5. The van der Waals surface area contributed by atoms with E-state index in [9.17, 15) is 8.42 Å². The van der Waals surface area contributed by atoms with Crippen LogP contribution in [0.1, 0.15) is 51.5 Å². The number of rotatable bonds is 3. The molecule has 1 aromatic rings. The molecular formula is C20H25NO2S. The van der Waals surface area contributed by atoms with Gasteiger partial charge in [-0.15, -0.1) is 0 Å². The molecule has 1 saturated carbocycles. The normalized spacial score (nSPS) is 20.9. The zero-order valence-electron chi connectivity index (χ0n) is 14.7. The van der Waals surface area contributed by atoms with Gasteiger partial charge in [-0.25, -0.2) is 0 Å². The summed E-state index contributed by atoms with van der Waals surface area (Å²) in [5, 5.41) is 0. The summed E-state index contributed by atoms with van der Waals surface area (Å²) >= 11 is 0. The highest BCUT2D eigenvalue weighted by Gasteiger charge is 2.32. The highest BCUT2D eigenvalue weighted by atomic mass is 32.2. The highest BCUT2D eigenvalue weighted by molar-refractivity contribution is 7.90. The van der Waals surface area contributed by atoms with Crippen molar-refractivity contribution in [2.45, 2.75) is 57.8 Å². The largest absolute Gasteiger partial charge is 0.282 e. The van der Waals surface area contributed by atoms with E-state index in [1.54, 1.807) is 30.5 Å². The number of fused-ring (bicyclic) bond motifs is 1. The van der Waals surface area contributed by atoms with Gasteiger partial charge < -0.3 is 0 Å². The van der Waals surface area contributed by atoms with Crippen LogP contribution in [-0.2, 0) is 10.0 Å². The van der Waals surface area contributed by atoms with Crippen LogP contribution < -0.4 is 0 Å². The van der Waals surface area contributed by atoms with Crippen LogP contribution >= 0.6 is 0 Å². The predicted octanol–water partition coefficient (Wildman–Crippen LogP) is 4.98. The Bertz CT molecular complexity index is 825. The second-order valence-electron chi connectivity index (χ2n) is 7.37. The van der Waals surface area contributed by atoms with Crippen LogP contribution in [0.4, 0.5) is 0 Å². The Labute approximate surface area is 145 Å². The molecule has 0 aliphatic heterocycles. The third-order valence-electron chi connectivity index (χ3n) is 4.95. The molecule has 0 amide bonds. The van der Waals surface area contributed by atoms with Crippen molar-refractivity contribution >= 4 is 16.2 Å². The first-order chi connectivity index (χ1) is 11.3. The molecule has 1 aromatic carbocycles. The highest BCUT2D eigenvalue weighted by Crippen LogP contribution is 2.45. The van der Waals surface area contributed by atoms with E-state index in [2.05, 4.69) is 24.3 Å². The molecule has 2 aliphatic carbocycles. The Kier molecular flexibility index (Phi) is 4.52. The fourth-order valence-corrected chi connectivity index (χ4v) is 4.46. The lowest BCUT2D eigenvalue weighted by atomic mass is 9.86. The molecule has 3 rings (SSSR count). The summed E-state index contributed by atoms with van der Waals surface area (Å²) in [7, 11) is -3.65. The Morgan fingerprint density at radius 2 is 1.71 bits per heavy atom. The molecule has 24 heavy (non-hydrogen) atoms. The molecule has 0 aromatic heterocycles.